The lowest BCUT2D eigenvalue weighted by molar-refractivity contribution is 0.00468. The van der Waals surface area contributed by atoms with E-state index in [-0.39, 0.29) is 12.1 Å². The Morgan fingerprint density at radius 3 is 2.43 bits per heavy atom. The molecule has 14 heavy (non-hydrogen) atoms. The van der Waals surface area contributed by atoms with Gasteiger partial charge in [0.05, 0.1) is 12.1 Å². The molecule has 0 radical (unpaired) electrons. The van der Waals surface area contributed by atoms with Crippen molar-refractivity contribution < 1.29 is 4.74 Å². The fraction of sp³-hybridized carbons (Fsp3) is 0.818. The minimum Gasteiger partial charge on any atom is -0.377 e. The molecule has 2 unspecified atom stereocenters. The maximum absolute atomic E-state index is 5.64. The third kappa shape index (κ3) is 4.61. The first-order chi connectivity index (χ1) is 6.67. The van der Waals surface area contributed by atoms with Crippen molar-refractivity contribution in [1.29, 1.82) is 0 Å². The molecule has 3 N–H and O–H groups in total. The molecule has 2 atom stereocenters. The third-order valence-electron chi connectivity index (χ3n) is 2.13. The molecular weight excluding hydrogens is 176 g/mol. The highest BCUT2D eigenvalue weighted by atomic mass is 16.5. The summed E-state index contributed by atoms with van der Waals surface area (Å²) in [6, 6.07) is 0.113. The summed E-state index contributed by atoms with van der Waals surface area (Å²) >= 11 is 0. The summed E-state index contributed by atoms with van der Waals surface area (Å²) in [7, 11) is 0. The Hall–Kier alpha value is -0.560. The van der Waals surface area contributed by atoms with Gasteiger partial charge >= 0.3 is 0 Å². The first-order valence-corrected chi connectivity index (χ1v) is 5.14. The predicted molar refractivity (Wildman–Crippen MR) is 59.4 cm³/mol. The van der Waals surface area contributed by atoms with Gasteiger partial charge in [-0.1, -0.05) is 13.8 Å². The normalized spacial score (nSPS) is 14.7. The first kappa shape index (κ1) is 13.4. The van der Waals surface area contributed by atoms with Crippen LogP contribution >= 0.6 is 0 Å². The molecule has 0 aliphatic rings. The van der Waals surface area contributed by atoms with Crippen molar-refractivity contribution in [3.63, 3.8) is 0 Å². The van der Waals surface area contributed by atoms with Gasteiger partial charge in [0.1, 0.15) is 0 Å². The second-order valence-corrected chi connectivity index (χ2v) is 3.57. The Morgan fingerprint density at radius 2 is 2.07 bits per heavy atom. The van der Waals surface area contributed by atoms with Crippen LogP contribution in [0, 0.1) is 17.8 Å². The molecule has 3 heteroatoms. The average molecular weight is 198 g/mol. The van der Waals surface area contributed by atoms with E-state index in [2.05, 4.69) is 31.1 Å². The molecule has 0 saturated carbocycles. The lowest BCUT2D eigenvalue weighted by Crippen LogP contribution is -2.47. The monoisotopic (exact) mass is 198 g/mol. The van der Waals surface area contributed by atoms with Crippen LogP contribution in [0.25, 0.3) is 0 Å². The average Bonchev–Trinajstić information content (AvgIpc) is 2.17. The van der Waals surface area contributed by atoms with Crippen LogP contribution in [0.4, 0.5) is 0 Å². The highest BCUT2D eigenvalue weighted by Gasteiger charge is 2.23. The number of rotatable bonds is 6. The quantitative estimate of drug-likeness (QED) is 0.384. The highest BCUT2D eigenvalue weighted by molar-refractivity contribution is 4.99. The van der Waals surface area contributed by atoms with Crippen molar-refractivity contribution in [1.82, 2.24) is 5.43 Å². The maximum Gasteiger partial charge on any atom is 0.0773 e. The largest absolute Gasteiger partial charge is 0.377 e. The van der Waals surface area contributed by atoms with Gasteiger partial charge in [0.15, 0.2) is 0 Å². The highest BCUT2D eigenvalue weighted by Crippen LogP contribution is 2.13. The number of nitrogens with one attached hydrogen (secondary N) is 1. The standard InChI is InChI=1S/C11H22N2O/c1-5-7-8-10(13-12)11(9(3)4)14-6-2/h9-11,13H,6,8,12H2,1-4H3. The third-order valence-corrected chi connectivity index (χ3v) is 2.13. The van der Waals surface area contributed by atoms with E-state index in [1.54, 1.807) is 0 Å². The fourth-order valence-corrected chi connectivity index (χ4v) is 1.45. The van der Waals surface area contributed by atoms with Crippen LogP contribution < -0.4 is 11.3 Å². The van der Waals surface area contributed by atoms with Crippen LogP contribution in [0.2, 0.25) is 0 Å². The van der Waals surface area contributed by atoms with E-state index >= 15 is 0 Å². The molecule has 0 spiro atoms. The molecule has 0 aromatic heterocycles. The lowest BCUT2D eigenvalue weighted by Gasteiger charge is -2.28. The zero-order chi connectivity index (χ0) is 11.0. The van der Waals surface area contributed by atoms with Crippen LogP contribution in [-0.2, 0) is 4.74 Å². The SMILES string of the molecule is CC#CCC(NN)C(OCC)C(C)C. The van der Waals surface area contributed by atoms with Crippen molar-refractivity contribution in [2.24, 2.45) is 11.8 Å². The second-order valence-electron chi connectivity index (χ2n) is 3.57. The van der Waals surface area contributed by atoms with Gasteiger partial charge in [0.25, 0.3) is 0 Å². The van der Waals surface area contributed by atoms with Gasteiger partial charge in [0, 0.05) is 13.0 Å². The molecule has 0 aliphatic carbocycles. The molecule has 0 saturated heterocycles. The number of hydrazine groups is 1. The van der Waals surface area contributed by atoms with Crippen molar-refractivity contribution in [2.45, 2.75) is 46.3 Å². The van der Waals surface area contributed by atoms with Gasteiger partial charge in [-0.3, -0.25) is 11.3 Å². The number of nitrogens with two attached hydrogens (primary N) is 1. The van der Waals surface area contributed by atoms with Crippen LogP contribution in [0.1, 0.15) is 34.1 Å². The molecule has 0 rings (SSSR count). The van der Waals surface area contributed by atoms with Gasteiger partial charge in [-0.25, -0.2) is 0 Å². The number of hydrogen-bond donors (Lipinski definition) is 2. The summed E-state index contributed by atoms with van der Waals surface area (Å²) in [5, 5.41) is 0. The van der Waals surface area contributed by atoms with Crippen molar-refractivity contribution in [3.05, 3.63) is 0 Å². The number of hydrogen-bond acceptors (Lipinski definition) is 3. The fourth-order valence-electron chi connectivity index (χ4n) is 1.45. The molecule has 0 aliphatic heterocycles. The van der Waals surface area contributed by atoms with E-state index in [4.69, 9.17) is 10.6 Å². The minimum absolute atomic E-state index is 0.113. The Balaban J connectivity index is 4.30. The van der Waals surface area contributed by atoms with Gasteiger partial charge in [-0.2, -0.15) is 0 Å². The summed E-state index contributed by atoms with van der Waals surface area (Å²) in [6.07, 6.45) is 0.862. The van der Waals surface area contributed by atoms with E-state index in [1.807, 2.05) is 13.8 Å². The van der Waals surface area contributed by atoms with E-state index < -0.39 is 0 Å². The van der Waals surface area contributed by atoms with Crippen LogP contribution in [0.5, 0.6) is 0 Å². The Bertz CT molecular complexity index is 193. The molecule has 0 aromatic carbocycles. The van der Waals surface area contributed by atoms with E-state index in [0.29, 0.717) is 12.5 Å². The first-order valence-electron chi connectivity index (χ1n) is 5.14. The molecule has 0 heterocycles. The summed E-state index contributed by atoms with van der Waals surface area (Å²) in [5.74, 6) is 11.8. The molecular formula is C11H22N2O. The Labute approximate surface area is 87.4 Å². The summed E-state index contributed by atoms with van der Waals surface area (Å²) in [4.78, 5) is 0. The van der Waals surface area contributed by atoms with Gasteiger partial charge in [0.2, 0.25) is 0 Å². The van der Waals surface area contributed by atoms with Gasteiger partial charge < -0.3 is 4.74 Å². The molecule has 0 bridgehead atoms. The molecule has 3 nitrogen and oxygen atoms in total. The smallest absolute Gasteiger partial charge is 0.0773 e. The summed E-state index contributed by atoms with van der Waals surface area (Å²) in [5.41, 5.74) is 2.78. The van der Waals surface area contributed by atoms with Gasteiger partial charge in [-0.05, 0) is 19.8 Å². The Kier molecular flexibility index (Phi) is 7.50. The molecule has 0 aromatic rings. The zero-order valence-corrected chi connectivity index (χ0v) is 9.63. The maximum atomic E-state index is 5.64. The second kappa shape index (κ2) is 7.81. The van der Waals surface area contributed by atoms with Crippen molar-refractivity contribution >= 4 is 0 Å². The summed E-state index contributed by atoms with van der Waals surface area (Å²) in [6.45, 7) is 8.79. The minimum atomic E-state index is 0.113. The number of ether oxygens (including phenoxy) is 1. The topological polar surface area (TPSA) is 47.3 Å². The lowest BCUT2D eigenvalue weighted by atomic mass is 9.97. The molecule has 0 amide bonds. The molecule has 82 valence electrons. The van der Waals surface area contributed by atoms with Gasteiger partial charge in [-0.15, -0.1) is 11.8 Å². The van der Waals surface area contributed by atoms with Crippen molar-refractivity contribution in [2.75, 3.05) is 6.61 Å². The summed E-state index contributed by atoms with van der Waals surface area (Å²) < 4.78 is 5.64. The predicted octanol–water partition coefficient (Wildman–Crippen LogP) is 1.29. The molecule has 0 fully saturated rings. The van der Waals surface area contributed by atoms with Crippen LogP contribution in [0.3, 0.4) is 0 Å². The Morgan fingerprint density at radius 1 is 1.43 bits per heavy atom. The zero-order valence-electron chi connectivity index (χ0n) is 9.63. The van der Waals surface area contributed by atoms with Crippen LogP contribution in [0.15, 0.2) is 0 Å². The van der Waals surface area contributed by atoms with E-state index in [0.717, 1.165) is 6.42 Å². The van der Waals surface area contributed by atoms with E-state index in [9.17, 15) is 0 Å². The van der Waals surface area contributed by atoms with E-state index in [1.165, 1.54) is 0 Å². The van der Waals surface area contributed by atoms with Crippen LogP contribution in [-0.4, -0.2) is 18.8 Å². The van der Waals surface area contributed by atoms with Crippen molar-refractivity contribution in [3.8, 4) is 11.8 Å².